The topological polar surface area (TPSA) is 29.9 Å². The van der Waals surface area contributed by atoms with Gasteiger partial charge in [0, 0.05) is 30.9 Å². The Bertz CT molecular complexity index is 306. The molecule has 0 aromatic carbocycles. The van der Waals surface area contributed by atoms with E-state index < -0.39 is 0 Å². The zero-order chi connectivity index (χ0) is 12.7. The molecule has 0 saturated carbocycles. The molecule has 1 N–H and O–H groups in total. The van der Waals surface area contributed by atoms with Crippen molar-refractivity contribution >= 4 is 0 Å². The van der Waals surface area contributed by atoms with Crippen LogP contribution in [0.25, 0.3) is 0 Å². The molecule has 17 heavy (non-hydrogen) atoms. The Morgan fingerprint density at radius 2 is 2.06 bits per heavy atom. The molecule has 3 nitrogen and oxygen atoms in total. The molecule has 98 valence electrons. The Balaban J connectivity index is 2.50. The summed E-state index contributed by atoms with van der Waals surface area (Å²) in [6.07, 6.45) is 7.54. The molecule has 2 atom stereocenters. The molecule has 0 bridgehead atoms. The normalized spacial score (nSPS) is 14.8. The van der Waals surface area contributed by atoms with Gasteiger partial charge in [-0.15, -0.1) is 0 Å². The lowest BCUT2D eigenvalue weighted by atomic mass is 10.0. The summed E-state index contributed by atoms with van der Waals surface area (Å²) in [5.41, 5.74) is 0. The summed E-state index contributed by atoms with van der Waals surface area (Å²) in [7, 11) is 0. The average molecular weight is 237 g/mol. The van der Waals surface area contributed by atoms with E-state index in [9.17, 15) is 0 Å². The van der Waals surface area contributed by atoms with Crippen molar-refractivity contribution in [3.8, 4) is 0 Å². The molecule has 0 fully saturated rings. The van der Waals surface area contributed by atoms with E-state index >= 15 is 0 Å². The van der Waals surface area contributed by atoms with E-state index in [2.05, 4.69) is 48.8 Å². The number of aryl methyl sites for hydroxylation is 1. The van der Waals surface area contributed by atoms with Gasteiger partial charge < -0.3 is 9.88 Å². The lowest BCUT2D eigenvalue weighted by molar-refractivity contribution is 0.458. The van der Waals surface area contributed by atoms with Crippen LogP contribution in [0.2, 0.25) is 0 Å². The third-order valence-corrected chi connectivity index (χ3v) is 3.10. The minimum Gasteiger partial charge on any atom is -0.335 e. The average Bonchev–Trinajstić information content (AvgIpc) is 2.75. The summed E-state index contributed by atoms with van der Waals surface area (Å²) in [5.74, 6) is 1.76. The summed E-state index contributed by atoms with van der Waals surface area (Å²) < 4.78 is 2.29. The molecule has 1 heterocycles. The number of imidazole rings is 1. The van der Waals surface area contributed by atoms with E-state index in [1.54, 1.807) is 0 Å². The molecule has 0 radical (unpaired) electrons. The van der Waals surface area contributed by atoms with Crippen LogP contribution in [0.3, 0.4) is 0 Å². The van der Waals surface area contributed by atoms with Gasteiger partial charge in [-0.05, 0) is 32.7 Å². The number of hydrogen-bond donors (Lipinski definition) is 1. The molecule has 1 aromatic rings. The maximum absolute atomic E-state index is 4.50. The second-order valence-electron chi connectivity index (χ2n) is 4.97. The molecule has 0 saturated heterocycles. The van der Waals surface area contributed by atoms with E-state index in [-0.39, 0.29) is 0 Å². The maximum atomic E-state index is 4.50. The predicted molar refractivity (Wildman–Crippen MR) is 73.3 cm³/mol. The summed E-state index contributed by atoms with van der Waals surface area (Å²) in [4.78, 5) is 4.50. The summed E-state index contributed by atoms with van der Waals surface area (Å²) in [6.45, 7) is 11.1. The number of rotatable bonds is 8. The quantitative estimate of drug-likeness (QED) is 0.752. The van der Waals surface area contributed by atoms with Gasteiger partial charge in [0.1, 0.15) is 5.82 Å². The molecule has 0 amide bonds. The predicted octanol–water partition coefficient (Wildman–Crippen LogP) is 3.17. The molecule has 2 unspecified atom stereocenters. The van der Waals surface area contributed by atoms with Crippen molar-refractivity contribution < 1.29 is 0 Å². The second-order valence-corrected chi connectivity index (χ2v) is 4.97. The first-order valence-electron chi connectivity index (χ1n) is 6.93. The molecule has 0 aliphatic heterocycles. The van der Waals surface area contributed by atoms with Crippen molar-refractivity contribution in [3.05, 3.63) is 18.2 Å². The van der Waals surface area contributed by atoms with E-state index in [1.165, 1.54) is 18.7 Å². The summed E-state index contributed by atoms with van der Waals surface area (Å²) >= 11 is 0. The molecule has 1 rings (SSSR count). The van der Waals surface area contributed by atoms with Crippen molar-refractivity contribution in [2.24, 2.45) is 0 Å². The summed E-state index contributed by atoms with van der Waals surface area (Å²) in [5, 5.41) is 3.54. The van der Waals surface area contributed by atoms with E-state index in [0.29, 0.717) is 12.0 Å². The van der Waals surface area contributed by atoms with Crippen LogP contribution in [0.4, 0.5) is 0 Å². The Morgan fingerprint density at radius 3 is 2.71 bits per heavy atom. The fourth-order valence-electron chi connectivity index (χ4n) is 2.29. The second kappa shape index (κ2) is 7.49. The zero-order valence-electron chi connectivity index (χ0n) is 11.7. The smallest absolute Gasteiger partial charge is 0.111 e. The zero-order valence-corrected chi connectivity index (χ0v) is 11.7. The highest BCUT2D eigenvalue weighted by atomic mass is 15.1. The van der Waals surface area contributed by atoms with Crippen LogP contribution in [0.5, 0.6) is 0 Å². The van der Waals surface area contributed by atoms with Crippen LogP contribution < -0.4 is 5.32 Å². The first-order chi connectivity index (χ1) is 8.19. The minimum absolute atomic E-state index is 0.524. The minimum atomic E-state index is 0.524. The fourth-order valence-corrected chi connectivity index (χ4v) is 2.29. The van der Waals surface area contributed by atoms with Crippen LogP contribution in [-0.4, -0.2) is 22.1 Å². The molecule has 0 aliphatic rings. The number of hydrogen-bond acceptors (Lipinski definition) is 2. The lowest BCUT2D eigenvalue weighted by Crippen LogP contribution is -2.28. The largest absolute Gasteiger partial charge is 0.335 e. The van der Waals surface area contributed by atoms with Gasteiger partial charge in [0.15, 0.2) is 0 Å². The molecular formula is C14H27N3. The Hall–Kier alpha value is -0.830. The van der Waals surface area contributed by atoms with Gasteiger partial charge in [-0.3, -0.25) is 0 Å². The molecular weight excluding hydrogens is 210 g/mol. The third-order valence-electron chi connectivity index (χ3n) is 3.10. The van der Waals surface area contributed by atoms with Crippen LogP contribution >= 0.6 is 0 Å². The Labute approximate surface area is 106 Å². The fraction of sp³-hybridized carbons (Fsp3) is 0.786. The van der Waals surface area contributed by atoms with Gasteiger partial charge in [-0.25, -0.2) is 4.98 Å². The van der Waals surface area contributed by atoms with Crippen molar-refractivity contribution in [1.29, 1.82) is 0 Å². The van der Waals surface area contributed by atoms with Gasteiger partial charge in [-0.1, -0.05) is 20.8 Å². The van der Waals surface area contributed by atoms with Gasteiger partial charge in [0.25, 0.3) is 0 Å². The Kier molecular flexibility index (Phi) is 6.27. The molecule has 0 spiro atoms. The monoisotopic (exact) mass is 237 g/mol. The first-order valence-corrected chi connectivity index (χ1v) is 6.93. The highest BCUT2D eigenvalue weighted by Gasteiger charge is 2.14. The van der Waals surface area contributed by atoms with Crippen molar-refractivity contribution in [2.45, 2.75) is 65.5 Å². The summed E-state index contributed by atoms with van der Waals surface area (Å²) in [6, 6.07) is 0.566. The van der Waals surface area contributed by atoms with Crippen molar-refractivity contribution in [2.75, 3.05) is 6.54 Å². The van der Waals surface area contributed by atoms with Crippen LogP contribution in [0, 0.1) is 0 Å². The third kappa shape index (κ3) is 4.50. The standard InChI is InChI=1S/C14H27N3/c1-5-7-15-13(4)11-12(3)14-16-8-10-17(14)9-6-2/h8,10,12-13,15H,5-7,9,11H2,1-4H3. The first kappa shape index (κ1) is 14.2. The molecule has 0 aliphatic carbocycles. The van der Waals surface area contributed by atoms with Gasteiger partial charge >= 0.3 is 0 Å². The van der Waals surface area contributed by atoms with Gasteiger partial charge in [0.05, 0.1) is 0 Å². The van der Waals surface area contributed by atoms with Crippen LogP contribution in [-0.2, 0) is 6.54 Å². The van der Waals surface area contributed by atoms with E-state index in [1.807, 2.05) is 6.20 Å². The highest BCUT2D eigenvalue weighted by molar-refractivity contribution is 4.99. The van der Waals surface area contributed by atoms with Crippen molar-refractivity contribution in [3.63, 3.8) is 0 Å². The highest BCUT2D eigenvalue weighted by Crippen LogP contribution is 2.19. The number of aromatic nitrogens is 2. The Morgan fingerprint density at radius 1 is 1.29 bits per heavy atom. The van der Waals surface area contributed by atoms with Crippen LogP contribution in [0.1, 0.15) is 58.7 Å². The van der Waals surface area contributed by atoms with Crippen molar-refractivity contribution in [1.82, 2.24) is 14.9 Å². The van der Waals surface area contributed by atoms with Crippen LogP contribution in [0.15, 0.2) is 12.4 Å². The maximum Gasteiger partial charge on any atom is 0.111 e. The van der Waals surface area contributed by atoms with Gasteiger partial charge in [-0.2, -0.15) is 0 Å². The number of nitrogens with zero attached hydrogens (tertiary/aromatic N) is 2. The SMILES string of the molecule is CCCNC(C)CC(C)c1nccn1CCC. The number of nitrogens with one attached hydrogen (secondary N) is 1. The molecule has 3 heteroatoms. The van der Waals surface area contributed by atoms with Gasteiger partial charge in [0.2, 0.25) is 0 Å². The molecule has 1 aromatic heterocycles. The lowest BCUT2D eigenvalue weighted by Gasteiger charge is -2.19. The van der Waals surface area contributed by atoms with E-state index in [0.717, 1.165) is 19.5 Å². The van der Waals surface area contributed by atoms with E-state index in [4.69, 9.17) is 0 Å².